The Kier molecular flexibility index (Phi) is 5.26. The summed E-state index contributed by atoms with van der Waals surface area (Å²) in [5.41, 5.74) is 5.77. The third-order valence-corrected chi connectivity index (χ3v) is 3.03. The lowest BCUT2D eigenvalue weighted by Crippen LogP contribution is -2.52. The second kappa shape index (κ2) is 6.49. The van der Waals surface area contributed by atoms with Gasteiger partial charge in [0.25, 0.3) is 5.91 Å². The van der Waals surface area contributed by atoms with Crippen molar-refractivity contribution in [2.75, 3.05) is 19.6 Å². The predicted octanol–water partition coefficient (Wildman–Crippen LogP) is 0.0362. The topological polar surface area (TPSA) is 88.3 Å². The normalized spacial score (nSPS) is 18.6. The van der Waals surface area contributed by atoms with Gasteiger partial charge in [-0.15, -0.1) is 12.4 Å². The molecule has 104 valence electrons. The molecule has 0 aromatic carbocycles. The lowest BCUT2D eigenvalue weighted by atomic mass is 10.2. The Bertz CT molecular complexity index is 463. The molecule has 6 nitrogen and oxygen atoms in total. The summed E-state index contributed by atoms with van der Waals surface area (Å²) in [6.45, 7) is 4.22. The fourth-order valence-corrected chi connectivity index (χ4v) is 1.96. The van der Waals surface area contributed by atoms with Gasteiger partial charge in [0.1, 0.15) is 5.69 Å². The number of hydrogen-bond acceptors (Lipinski definition) is 4. The van der Waals surface area contributed by atoms with Gasteiger partial charge in [-0.05, 0) is 19.1 Å². The van der Waals surface area contributed by atoms with E-state index < -0.39 is 5.91 Å². The minimum Gasteiger partial charge on any atom is -0.366 e. The van der Waals surface area contributed by atoms with Gasteiger partial charge in [-0.2, -0.15) is 0 Å². The average molecular weight is 285 g/mol. The summed E-state index contributed by atoms with van der Waals surface area (Å²) in [6, 6.07) is 3.20. The van der Waals surface area contributed by atoms with Gasteiger partial charge in [0.15, 0.2) is 0 Å². The number of carbonyl (C=O) groups is 2. The minimum absolute atomic E-state index is 0. The molecule has 3 N–H and O–H groups in total. The van der Waals surface area contributed by atoms with E-state index in [9.17, 15) is 9.59 Å². The van der Waals surface area contributed by atoms with Crippen LogP contribution >= 0.6 is 12.4 Å². The second-order valence-corrected chi connectivity index (χ2v) is 4.35. The number of amides is 2. The smallest absolute Gasteiger partial charge is 0.272 e. The molecular formula is C12H17ClN4O2. The molecule has 1 atom stereocenters. The number of carbonyl (C=O) groups excluding carboxylic acids is 2. The predicted molar refractivity (Wildman–Crippen MR) is 73.4 cm³/mol. The number of nitrogens with two attached hydrogens (primary N) is 1. The maximum atomic E-state index is 12.2. The minimum atomic E-state index is -0.544. The Morgan fingerprint density at radius 3 is 2.74 bits per heavy atom. The molecule has 2 heterocycles. The highest BCUT2D eigenvalue weighted by molar-refractivity contribution is 5.95. The van der Waals surface area contributed by atoms with Crippen LogP contribution in [0.4, 0.5) is 0 Å². The number of rotatable bonds is 2. The van der Waals surface area contributed by atoms with Crippen molar-refractivity contribution in [3.8, 4) is 0 Å². The largest absolute Gasteiger partial charge is 0.366 e. The number of halogens is 1. The Morgan fingerprint density at radius 2 is 2.21 bits per heavy atom. The first-order chi connectivity index (χ1) is 8.59. The summed E-state index contributed by atoms with van der Waals surface area (Å²) in [6.07, 6.45) is 1.34. The van der Waals surface area contributed by atoms with E-state index in [2.05, 4.69) is 10.3 Å². The first-order valence-electron chi connectivity index (χ1n) is 5.87. The number of nitrogens with zero attached hydrogens (tertiary/aromatic N) is 2. The zero-order valence-electron chi connectivity index (χ0n) is 10.6. The third kappa shape index (κ3) is 3.42. The van der Waals surface area contributed by atoms with Crippen molar-refractivity contribution < 1.29 is 9.59 Å². The SMILES string of the molecule is C[C@H]1CNCCN1C(=O)c1ccc(C(N)=O)cn1.Cl. The van der Waals surface area contributed by atoms with Crippen molar-refractivity contribution in [1.82, 2.24) is 15.2 Å². The molecule has 1 saturated heterocycles. The molecule has 0 radical (unpaired) electrons. The number of hydrogen-bond donors (Lipinski definition) is 2. The van der Waals surface area contributed by atoms with Crippen LogP contribution in [0.25, 0.3) is 0 Å². The van der Waals surface area contributed by atoms with Crippen molar-refractivity contribution in [3.05, 3.63) is 29.6 Å². The van der Waals surface area contributed by atoms with E-state index in [0.29, 0.717) is 17.8 Å². The van der Waals surface area contributed by atoms with E-state index in [1.54, 1.807) is 4.90 Å². The zero-order valence-corrected chi connectivity index (χ0v) is 11.4. The molecular weight excluding hydrogens is 268 g/mol. The molecule has 1 fully saturated rings. The van der Waals surface area contributed by atoms with Gasteiger partial charge in [0.05, 0.1) is 5.56 Å². The Balaban J connectivity index is 0.00000180. The van der Waals surface area contributed by atoms with Crippen LogP contribution in [0.1, 0.15) is 27.8 Å². The van der Waals surface area contributed by atoms with E-state index >= 15 is 0 Å². The summed E-state index contributed by atoms with van der Waals surface area (Å²) in [4.78, 5) is 28.9. The zero-order chi connectivity index (χ0) is 13.1. The molecule has 0 saturated carbocycles. The van der Waals surface area contributed by atoms with Gasteiger partial charge >= 0.3 is 0 Å². The fourth-order valence-electron chi connectivity index (χ4n) is 1.96. The molecule has 0 bridgehead atoms. The highest BCUT2D eigenvalue weighted by atomic mass is 35.5. The van der Waals surface area contributed by atoms with Crippen molar-refractivity contribution in [2.24, 2.45) is 5.73 Å². The first kappa shape index (κ1) is 15.4. The molecule has 1 aliphatic rings. The maximum Gasteiger partial charge on any atom is 0.272 e. The summed E-state index contributed by atoms with van der Waals surface area (Å²) < 4.78 is 0. The van der Waals surface area contributed by atoms with Gasteiger partial charge in [-0.3, -0.25) is 14.6 Å². The number of piperazine rings is 1. The Morgan fingerprint density at radius 1 is 1.47 bits per heavy atom. The van der Waals surface area contributed by atoms with Crippen LogP contribution in [0.15, 0.2) is 18.3 Å². The molecule has 7 heteroatoms. The molecule has 1 aliphatic heterocycles. The van der Waals surface area contributed by atoms with E-state index in [1.807, 2.05) is 6.92 Å². The summed E-state index contributed by atoms with van der Waals surface area (Å²) in [5, 5.41) is 3.22. The molecule has 0 spiro atoms. The van der Waals surface area contributed by atoms with E-state index in [0.717, 1.165) is 13.1 Å². The van der Waals surface area contributed by atoms with Crippen LogP contribution in [0, 0.1) is 0 Å². The van der Waals surface area contributed by atoms with Crippen LogP contribution in [0.3, 0.4) is 0 Å². The van der Waals surface area contributed by atoms with E-state index in [1.165, 1.54) is 18.3 Å². The third-order valence-electron chi connectivity index (χ3n) is 3.03. The molecule has 0 unspecified atom stereocenters. The summed E-state index contributed by atoms with van der Waals surface area (Å²) in [7, 11) is 0. The second-order valence-electron chi connectivity index (χ2n) is 4.35. The van der Waals surface area contributed by atoms with Crippen LogP contribution in [0.5, 0.6) is 0 Å². The summed E-state index contributed by atoms with van der Waals surface area (Å²) in [5.74, 6) is -0.656. The van der Waals surface area contributed by atoms with E-state index in [4.69, 9.17) is 5.73 Å². The van der Waals surface area contributed by atoms with Crippen molar-refractivity contribution >= 4 is 24.2 Å². The standard InChI is InChI=1S/C12H16N4O2.ClH/c1-8-6-14-4-5-16(8)12(18)10-3-2-9(7-15-10)11(13)17;/h2-3,7-8,14H,4-6H2,1H3,(H2,13,17);1H/t8-;/m0./s1. The number of nitrogens with one attached hydrogen (secondary N) is 1. The monoisotopic (exact) mass is 284 g/mol. The Labute approximate surface area is 117 Å². The average Bonchev–Trinajstić information content (AvgIpc) is 2.38. The van der Waals surface area contributed by atoms with Gasteiger partial charge in [0.2, 0.25) is 5.91 Å². The van der Waals surface area contributed by atoms with Crippen molar-refractivity contribution in [2.45, 2.75) is 13.0 Å². The van der Waals surface area contributed by atoms with Gasteiger partial charge < -0.3 is 16.0 Å². The van der Waals surface area contributed by atoms with Gasteiger partial charge in [-0.1, -0.05) is 0 Å². The fraction of sp³-hybridized carbons (Fsp3) is 0.417. The molecule has 19 heavy (non-hydrogen) atoms. The molecule has 2 amide bonds. The molecule has 1 aromatic heterocycles. The van der Waals surface area contributed by atoms with Crippen LogP contribution in [0.2, 0.25) is 0 Å². The highest BCUT2D eigenvalue weighted by Crippen LogP contribution is 2.09. The summed E-state index contributed by atoms with van der Waals surface area (Å²) >= 11 is 0. The maximum absolute atomic E-state index is 12.2. The molecule has 0 aliphatic carbocycles. The lowest BCUT2D eigenvalue weighted by Gasteiger charge is -2.33. The van der Waals surface area contributed by atoms with Gasteiger partial charge in [0, 0.05) is 31.9 Å². The first-order valence-corrected chi connectivity index (χ1v) is 5.87. The van der Waals surface area contributed by atoms with Crippen LogP contribution in [-0.2, 0) is 0 Å². The highest BCUT2D eigenvalue weighted by Gasteiger charge is 2.24. The number of primary amides is 1. The quantitative estimate of drug-likeness (QED) is 0.802. The number of aromatic nitrogens is 1. The van der Waals surface area contributed by atoms with Crippen LogP contribution < -0.4 is 11.1 Å². The Hall–Kier alpha value is -1.66. The van der Waals surface area contributed by atoms with Gasteiger partial charge in [-0.25, -0.2) is 0 Å². The van der Waals surface area contributed by atoms with Crippen molar-refractivity contribution in [1.29, 1.82) is 0 Å². The molecule has 1 aromatic rings. The number of pyridine rings is 1. The lowest BCUT2D eigenvalue weighted by molar-refractivity contribution is 0.0649. The molecule has 2 rings (SSSR count). The van der Waals surface area contributed by atoms with Crippen molar-refractivity contribution in [3.63, 3.8) is 0 Å². The van der Waals surface area contributed by atoms with Crippen LogP contribution in [-0.4, -0.2) is 47.4 Å². The van der Waals surface area contributed by atoms with E-state index in [-0.39, 0.29) is 24.4 Å².